The molecule has 2 saturated heterocycles. The molecule has 2 aliphatic heterocycles. The minimum atomic E-state index is -3.55. The molecule has 2 fully saturated rings. The summed E-state index contributed by atoms with van der Waals surface area (Å²) in [7, 11) is -3.55. The first-order valence-electron chi connectivity index (χ1n) is 12.0. The molecule has 1 atom stereocenters. The predicted molar refractivity (Wildman–Crippen MR) is 136 cm³/mol. The SMILES string of the molecule is CC(C)(C)c1ccc([C@]2(C)NC(=O)N(CC(=O)Nc3ccc(S(=O)(=O)N4CCCC4)cc3)C2=O)cc1. The Morgan fingerprint density at radius 2 is 1.58 bits per heavy atom. The summed E-state index contributed by atoms with van der Waals surface area (Å²) >= 11 is 0. The Bertz CT molecular complexity index is 1280. The van der Waals surface area contributed by atoms with E-state index in [0.717, 1.165) is 23.3 Å². The molecule has 2 aromatic rings. The van der Waals surface area contributed by atoms with E-state index < -0.39 is 40.0 Å². The van der Waals surface area contributed by atoms with E-state index in [4.69, 9.17) is 0 Å². The number of carbonyl (C=O) groups excluding carboxylic acids is 3. The molecule has 4 amide bonds. The van der Waals surface area contributed by atoms with Crippen molar-refractivity contribution >= 4 is 33.6 Å². The van der Waals surface area contributed by atoms with Gasteiger partial charge in [-0.1, -0.05) is 45.0 Å². The molecule has 0 radical (unpaired) electrons. The second-order valence-electron chi connectivity index (χ2n) is 10.5. The number of nitrogens with zero attached hydrogens (tertiary/aromatic N) is 2. The fourth-order valence-corrected chi connectivity index (χ4v) is 5.99. The van der Waals surface area contributed by atoms with Crippen molar-refractivity contribution in [3.05, 3.63) is 59.7 Å². The second-order valence-corrected chi connectivity index (χ2v) is 12.4. The van der Waals surface area contributed by atoms with E-state index in [2.05, 4.69) is 31.4 Å². The maximum atomic E-state index is 13.2. The molecule has 2 N–H and O–H groups in total. The van der Waals surface area contributed by atoms with Crippen LogP contribution in [0.1, 0.15) is 51.7 Å². The molecule has 2 heterocycles. The van der Waals surface area contributed by atoms with Crippen LogP contribution in [0.2, 0.25) is 0 Å². The Balaban J connectivity index is 1.42. The molecule has 9 nitrogen and oxygen atoms in total. The number of rotatable bonds is 6. The van der Waals surface area contributed by atoms with E-state index in [1.165, 1.54) is 28.6 Å². The van der Waals surface area contributed by atoms with Gasteiger partial charge < -0.3 is 10.6 Å². The number of amides is 4. The van der Waals surface area contributed by atoms with Crippen LogP contribution < -0.4 is 10.6 Å². The zero-order valence-electron chi connectivity index (χ0n) is 21.0. The average Bonchev–Trinajstić information content (AvgIpc) is 3.44. The van der Waals surface area contributed by atoms with Crippen LogP contribution in [0, 0.1) is 0 Å². The quantitative estimate of drug-likeness (QED) is 0.577. The van der Waals surface area contributed by atoms with Gasteiger partial charge in [-0.3, -0.25) is 14.5 Å². The topological polar surface area (TPSA) is 116 Å². The first-order valence-corrected chi connectivity index (χ1v) is 13.4. The molecule has 192 valence electrons. The summed E-state index contributed by atoms with van der Waals surface area (Å²) in [6, 6.07) is 12.7. The van der Waals surface area contributed by atoms with Crippen molar-refractivity contribution in [2.75, 3.05) is 25.0 Å². The van der Waals surface area contributed by atoms with Gasteiger partial charge in [0.2, 0.25) is 15.9 Å². The van der Waals surface area contributed by atoms with Crippen molar-refractivity contribution in [1.82, 2.24) is 14.5 Å². The largest absolute Gasteiger partial charge is 0.325 e. The summed E-state index contributed by atoms with van der Waals surface area (Å²) < 4.78 is 26.8. The predicted octanol–water partition coefficient (Wildman–Crippen LogP) is 3.17. The van der Waals surface area contributed by atoms with E-state index in [1.54, 1.807) is 6.92 Å². The Kier molecular flexibility index (Phi) is 6.70. The third kappa shape index (κ3) is 4.87. The number of urea groups is 1. The highest BCUT2D eigenvalue weighted by atomic mass is 32.2. The molecule has 0 aromatic heterocycles. The normalized spacial score (nSPS) is 21.1. The Labute approximate surface area is 211 Å². The van der Waals surface area contributed by atoms with Crippen LogP contribution in [-0.4, -0.2) is 55.1 Å². The fourth-order valence-electron chi connectivity index (χ4n) is 4.47. The Morgan fingerprint density at radius 3 is 2.14 bits per heavy atom. The number of hydrogen-bond acceptors (Lipinski definition) is 5. The van der Waals surface area contributed by atoms with E-state index in [9.17, 15) is 22.8 Å². The summed E-state index contributed by atoms with van der Waals surface area (Å²) in [6.07, 6.45) is 1.69. The van der Waals surface area contributed by atoms with E-state index in [1.807, 2.05) is 24.3 Å². The van der Waals surface area contributed by atoms with E-state index in [0.29, 0.717) is 24.3 Å². The molecular formula is C26H32N4O5S. The summed E-state index contributed by atoms with van der Waals surface area (Å²) in [5.74, 6) is -1.08. The van der Waals surface area contributed by atoms with Gasteiger partial charge in [0, 0.05) is 18.8 Å². The lowest BCUT2D eigenvalue weighted by Crippen LogP contribution is -2.42. The van der Waals surface area contributed by atoms with E-state index >= 15 is 0 Å². The zero-order chi connectivity index (χ0) is 26.3. The number of carbonyl (C=O) groups is 3. The summed E-state index contributed by atoms with van der Waals surface area (Å²) in [6.45, 7) is 8.44. The van der Waals surface area contributed by atoms with Gasteiger partial charge in [-0.15, -0.1) is 0 Å². The summed E-state index contributed by atoms with van der Waals surface area (Å²) in [5, 5.41) is 5.34. The van der Waals surface area contributed by atoms with Crippen molar-refractivity contribution < 1.29 is 22.8 Å². The monoisotopic (exact) mass is 512 g/mol. The lowest BCUT2D eigenvalue weighted by molar-refractivity contribution is -0.133. The molecule has 4 rings (SSSR count). The van der Waals surface area contributed by atoms with Gasteiger partial charge in [-0.25, -0.2) is 13.2 Å². The lowest BCUT2D eigenvalue weighted by Gasteiger charge is -2.24. The van der Waals surface area contributed by atoms with Gasteiger partial charge in [0.15, 0.2) is 0 Å². The highest BCUT2D eigenvalue weighted by molar-refractivity contribution is 7.89. The van der Waals surface area contributed by atoms with Gasteiger partial charge in [-0.05, 0) is 60.6 Å². The Morgan fingerprint density at radius 1 is 1.00 bits per heavy atom. The number of anilines is 1. The first-order chi connectivity index (χ1) is 16.8. The molecule has 2 aromatic carbocycles. The molecule has 2 aliphatic rings. The van der Waals surface area contributed by atoms with Gasteiger partial charge in [0.1, 0.15) is 12.1 Å². The van der Waals surface area contributed by atoms with Crippen LogP contribution >= 0.6 is 0 Å². The Hall–Kier alpha value is -3.24. The lowest BCUT2D eigenvalue weighted by atomic mass is 9.84. The molecule has 0 aliphatic carbocycles. The highest BCUT2D eigenvalue weighted by Crippen LogP contribution is 2.31. The maximum absolute atomic E-state index is 13.2. The van der Waals surface area contributed by atoms with E-state index in [-0.39, 0.29) is 10.3 Å². The number of nitrogens with one attached hydrogen (secondary N) is 2. The van der Waals surface area contributed by atoms with Crippen molar-refractivity contribution in [2.24, 2.45) is 0 Å². The highest BCUT2D eigenvalue weighted by Gasteiger charge is 2.49. The summed E-state index contributed by atoms with van der Waals surface area (Å²) in [5.41, 5.74) is 0.768. The van der Waals surface area contributed by atoms with Crippen LogP contribution in [0.25, 0.3) is 0 Å². The van der Waals surface area contributed by atoms with Crippen LogP contribution in [0.5, 0.6) is 0 Å². The molecule has 0 spiro atoms. The van der Waals surface area contributed by atoms with Gasteiger partial charge in [0.05, 0.1) is 4.90 Å². The molecular weight excluding hydrogens is 480 g/mol. The van der Waals surface area contributed by atoms with Gasteiger partial charge in [-0.2, -0.15) is 4.31 Å². The maximum Gasteiger partial charge on any atom is 0.325 e. The average molecular weight is 513 g/mol. The minimum absolute atomic E-state index is 0.0525. The van der Waals surface area contributed by atoms with Crippen molar-refractivity contribution in [3.63, 3.8) is 0 Å². The number of imide groups is 1. The van der Waals surface area contributed by atoms with Crippen molar-refractivity contribution in [1.29, 1.82) is 0 Å². The van der Waals surface area contributed by atoms with Crippen LogP contribution in [0.4, 0.5) is 10.5 Å². The summed E-state index contributed by atoms with van der Waals surface area (Å²) in [4.78, 5) is 39.5. The molecule has 0 unspecified atom stereocenters. The van der Waals surface area contributed by atoms with Crippen LogP contribution in [0.3, 0.4) is 0 Å². The van der Waals surface area contributed by atoms with Gasteiger partial charge >= 0.3 is 6.03 Å². The van der Waals surface area contributed by atoms with Crippen molar-refractivity contribution in [2.45, 2.75) is 56.4 Å². The second kappa shape index (κ2) is 9.33. The first kappa shape index (κ1) is 25.8. The standard InChI is InChI=1S/C26H32N4O5S/c1-25(2,3)18-7-9-19(10-8-18)26(4)23(32)30(24(33)28-26)17-22(31)27-20-11-13-21(14-12-20)36(34,35)29-15-5-6-16-29/h7-14H,5-6,15-17H2,1-4H3,(H,27,31)(H,28,33)/t26-/m0/s1. The third-order valence-electron chi connectivity index (χ3n) is 6.75. The number of benzene rings is 2. The van der Waals surface area contributed by atoms with Crippen LogP contribution in [0.15, 0.2) is 53.4 Å². The fraction of sp³-hybridized carbons (Fsp3) is 0.423. The van der Waals surface area contributed by atoms with Crippen molar-refractivity contribution in [3.8, 4) is 0 Å². The number of sulfonamides is 1. The van der Waals surface area contributed by atoms with Crippen LogP contribution in [-0.2, 0) is 30.6 Å². The molecule has 10 heteroatoms. The zero-order valence-corrected chi connectivity index (χ0v) is 21.8. The molecule has 36 heavy (non-hydrogen) atoms. The third-order valence-corrected chi connectivity index (χ3v) is 8.66. The molecule has 0 saturated carbocycles. The number of hydrogen-bond donors (Lipinski definition) is 2. The minimum Gasteiger partial charge on any atom is -0.325 e. The molecule has 0 bridgehead atoms. The smallest absolute Gasteiger partial charge is 0.325 e. The van der Waals surface area contributed by atoms with Gasteiger partial charge in [0.25, 0.3) is 5.91 Å².